The second-order valence-corrected chi connectivity index (χ2v) is 6.86. The van der Waals surface area contributed by atoms with Gasteiger partial charge in [-0.25, -0.2) is 23.5 Å². The Morgan fingerprint density at radius 3 is 2.67 bits per heavy atom. The molecule has 2 aromatic heterocycles. The molecule has 3 heterocycles. The van der Waals surface area contributed by atoms with Gasteiger partial charge in [0.15, 0.2) is 11.5 Å². The SMILES string of the molecule is CCn1c(=O)c(N2CCN(C(=O)Nc3cc(F)ccc3F)CC2)nc2cccnc21. The van der Waals surface area contributed by atoms with E-state index in [9.17, 15) is 18.4 Å². The van der Waals surface area contributed by atoms with Crippen LogP contribution in [0.1, 0.15) is 6.92 Å². The van der Waals surface area contributed by atoms with E-state index in [1.165, 1.54) is 4.90 Å². The molecule has 0 bridgehead atoms. The molecule has 2 amide bonds. The van der Waals surface area contributed by atoms with E-state index in [1.54, 1.807) is 22.9 Å². The Balaban J connectivity index is 1.50. The number of nitrogens with one attached hydrogen (secondary N) is 1. The predicted molar refractivity (Wildman–Crippen MR) is 109 cm³/mol. The van der Waals surface area contributed by atoms with Gasteiger partial charge in [-0.2, -0.15) is 0 Å². The van der Waals surface area contributed by atoms with Gasteiger partial charge in [-0.05, 0) is 31.2 Å². The second kappa shape index (κ2) is 8.05. The Morgan fingerprint density at radius 2 is 1.93 bits per heavy atom. The number of aromatic nitrogens is 3. The lowest BCUT2D eigenvalue weighted by molar-refractivity contribution is 0.208. The minimum Gasteiger partial charge on any atom is -0.348 e. The molecule has 0 saturated carbocycles. The van der Waals surface area contributed by atoms with Crippen LogP contribution in [0.5, 0.6) is 0 Å². The largest absolute Gasteiger partial charge is 0.348 e. The van der Waals surface area contributed by atoms with Crippen molar-refractivity contribution in [2.45, 2.75) is 13.5 Å². The topological polar surface area (TPSA) is 83.4 Å². The first-order valence-corrected chi connectivity index (χ1v) is 9.59. The van der Waals surface area contributed by atoms with Gasteiger partial charge in [-0.1, -0.05) is 0 Å². The Hall–Kier alpha value is -3.56. The molecule has 1 saturated heterocycles. The van der Waals surface area contributed by atoms with Crippen LogP contribution >= 0.6 is 0 Å². The lowest BCUT2D eigenvalue weighted by atomic mass is 10.3. The average Bonchev–Trinajstić information content (AvgIpc) is 2.76. The molecule has 30 heavy (non-hydrogen) atoms. The number of anilines is 2. The van der Waals surface area contributed by atoms with Crippen LogP contribution in [0.25, 0.3) is 11.2 Å². The Morgan fingerprint density at radius 1 is 1.17 bits per heavy atom. The van der Waals surface area contributed by atoms with Crippen molar-refractivity contribution in [3.05, 3.63) is 58.5 Å². The zero-order valence-electron chi connectivity index (χ0n) is 16.3. The van der Waals surface area contributed by atoms with Gasteiger partial charge in [-0.3, -0.25) is 9.36 Å². The highest BCUT2D eigenvalue weighted by atomic mass is 19.1. The van der Waals surface area contributed by atoms with Crippen LogP contribution in [0, 0.1) is 11.6 Å². The second-order valence-electron chi connectivity index (χ2n) is 6.86. The molecule has 1 fully saturated rings. The Kier molecular flexibility index (Phi) is 5.30. The van der Waals surface area contributed by atoms with Gasteiger partial charge in [0.05, 0.1) is 5.69 Å². The van der Waals surface area contributed by atoms with Gasteiger partial charge in [0.2, 0.25) is 0 Å². The van der Waals surface area contributed by atoms with Crippen molar-refractivity contribution in [1.82, 2.24) is 19.4 Å². The third-order valence-corrected chi connectivity index (χ3v) is 5.04. The van der Waals surface area contributed by atoms with Gasteiger partial charge in [0, 0.05) is 45.0 Å². The van der Waals surface area contributed by atoms with Crippen molar-refractivity contribution in [3.63, 3.8) is 0 Å². The number of carbonyl (C=O) groups is 1. The number of halogens is 2. The molecule has 10 heteroatoms. The summed E-state index contributed by atoms with van der Waals surface area (Å²) in [6, 6.07) is 5.91. The minimum atomic E-state index is -0.711. The van der Waals surface area contributed by atoms with Gasteiger partial charge < -0.3 is 15.1 Å². The van der Waals surface area contributed by atoms with Crippen LogP contribution in [-0.2, 0) is 6.54 Å². The zero-order valence-corrected chi connectivity index (χ0v) is 16.3. The molecule has 3 aromatic rings. The van der Waals surface area contributed by atoms with Gasteiger partial charge in [0.1, 0.15) is 17.2 Å². The first-order valence-electron chi connectivity index (χ1n) is 9.59. The molecule has 1 aliphatic heterocycles. The number of aryl methyl sites for hydroxylation is 1. The molecule has 0 radical (unpaired) electrons. The molecular weight excluding hydrogens is 394 g/mol. The lowest BCUT2D eigenvalue weighted by Crippen LogP contribution is -2.51. The molecular formula is C20H20F2N6O2. The van der Waals surface area contributed by atoms with Crippen LogP contribution in [0.3, 0.4) is 0 Å². The molecule has 156 valence electrons. The number of pyridine rings is 1. The summed E-state index contributed by atoms with van der Waals surface area (Å²) in [6.45, 7) is 3.71. The minimum absolute atomic E-state index is 0.211. The van der Waals surface area contributed by atoms with E-state index in [0.29, 0.717) is 49.7 Å². The number of fused-ring (bicyclic) bond motifs is 1. The first-order chi connectivity index (χ1) is 14.5. The molecule has 0 unspecified atom stereocenters. The molecule has 1 N–H and O–H groups in total. The maximum atomic E-state index is 13.8. The standard InChI is InChI=1S/C20H20F2N6O2/c1-2-28-17-15(4-3-7-23-17)24-18(19(28)29)26-8-10-27(11-9-26)20(30)25-16-12-13(21)5-6-14(16)22/h3-7,12H,2,8-11H2,1H3,(H,25,30). The van der Waals surface area contributed by atoms with E-state index in [-0.39, 0.29) is 11.2 Å². The van der Waals surface area contributed by atoms with E-state index in [4.69, 9.17) is 0 Å². The van der Waals surface area contributed by atoms with Crippen molar-refractivity contribution in [2.24, 2.45) is 0 Å². The number of amides is 2. The number of benzene rings is 1. The number of rotatable bonds is 3. The molecule has 0 spiro atoms. The van der Waals surface area contributed by atoms with E-state index in [0.717, 1.165) is 18.2 Å². The number of urea groups is 1. The fraction of sp³-hybridized carbons (Fsp3) is 0.300. The van der Waals surface area contributed by atoms with Crippen molar-refractivity contribution in [3.8, 4) is 0 Å². The summed E-state index contributed by atoms with van der Waals surface area (Å²) in [4.78, 5) is 37.4. The van der Waals surface area contributed by atoms with E-state index in [2.05, 4.69) is 15.3 Å². The van der Waals surface area contributed by atoms with Crippen molar-refractivity contribution in [2.75, 3.05) is 36.4 Å². The summed E-state index contributed by atoms with van der Waals surface area (Å²) in [5, 5.41) is 2.39. The zero-order chi connectivity index (χ0) is 21.3. The lowest BCUT2D eigenvalue weighted by Gasteiger charge is -2.35. The molecule has 4 rings (SSSR count). The van der Waals surface area contributed by atoms with Gasteiger partial charge in [0.25, 0.3) is 5.56 Å². The quantitative estimate of drug-likeness (QED) is 0.712. The molecule has 1 aromatic carbocycles. The maximum absolute atomic E-state index is 13.8. The van der Waals surface area contributed by atoms with Gasteiger partial charge >= 0.3 is 6.03 Å². The van der Waals surface area contributed by atoms with Crippen LogP contribution in [-0.4, -0.2) is 51.6 Å². The Bertz CT molecular complexity index is 1160. The number of carbonyl (C=O) groups excluding carboxylic acids is 1. The van der Waals surface area contributed by atoms with Crippen molar-refractivity contribution < 1.29 is 13.6 Å². The van der Waals surface area contributed by atoms with Crippen molar-refractivity contribution >= 4 is 28.7 Å². The summed E-state index contributed by atoms with van der Waals surface area (Å²) in [7, 11) is 0. The van der Waals surface area contributed by atoms with Gasteiger partial charge in [-0.15, -0.1) is 0 Å². The fourth-order valence-electron chi connectivity index (χ4n) is 3.47. The summed E-state index contributed by atoms with van der Waals surface area (Å²) < 4.78 is 28.6. The highest BCUT2D eigenvalue weighted by Gasteiger charge is 2.25. The van der Waals surface area contributed by atoms with E-state index < -0.39 is 17.7 Å². The summed E-state index contributed by atoms with van der Waals surface area (Å²) in [5.74, 6) is -1.04. The fourth-order valence-corrected chi connectivity index (χ4v) is 3.47. The number of hydrogen-bond donors (Lipinski definition) is 1. The Labute approximate surface area is 170 Å². The third kappa shape index (κ3) is 3.68. The van der Waals surface area contributed by atoms with Crippen LogP contribution in [0.2, 0.25) is 0 Å². The third-order valence-electron chi connectivity index (χ3n) is 5.04. The van der Waals surface area contributed by atoms with Crippen LogP contribution in [0.4, 0.5) is 25.1 Å². The summed E-state index contributed by atoms with van der Waals surface area (Å²) >= 11 is 0. The van der Waals surface area contributed by atoms with Crippen LogP contribution < -0.4 is 15.8 Å². The number of hydrogen-bond acceptors (Lipinski definition) is 5. The highest BCUT2D eigenvalue weighted by Crippen LogP contribution is 2.18. The highest BCUT2D eigenvalue weighted by molar-refractivity contribution is 5.89. The monoisotopic (exact) mass is 414 g/mol. The van der Waals surface area contributed by atoms with Crippen LogP contribution in [0.15, 0.2) is 41.3 Å². The average molecular weight is 414 g/mol. The number of piperazine rings is 1. The first kappa shape index (κ1) is 19.7. The molecule has 1 aliphatic rings. The van der Waals surface area contributed by atoms with Crippen molar-refractivity contribution in [1.29, 1.82) is 0 Å². The summed E-state index contributed by atoms with van der Waals surface area (Å²) in [5.41, 5.74) is 0.708. The van der Waals surface area contributed by atoms with E-state index in [1.807, 2.05) is 11.8 Å². The molecule has 0 aliphatic carbocycles. The van der Waals surface area contributed by atoms with E-state index >= 15 is 0 Å². The normalized spacial score (nSPS) is 14.2. The predicted octanol–water partition coefficient (Wildman–Crippen LogP) is 2.44. The molecule has 0 atom stereocenters. The smallest absolute Gasteiger partial charge is 0.322 e. The summed E-state index contributed by atoms with van der Waals surface area (Å²) in [6.07, 6.45) is 1.62. The molecule has 8 nitrogen and oxygen atoms in total. The maximum Gasteiger partial charge on any atom is 0.322 e. The number of nitrogens with zero attached hydrogens (tertiary/aromatic N) is 5.